The van der Waals surface area contributed by atoms with Crippen LogP contribution in [0.3, 0.4) is 0 Å². The van der Waals surface area contributed by atoms with Gasteiger partial charge in [-0.25, -0.2) is 12.8 Å². The van der Waals surface area contributed by atoms with Gasteiger partial charge in [-0.3, -0.25) is 4.31 Å². The van der Waals surface area contributed by atoms with Gasteiger partial charge in [-0.05, 0) is 66.1 Å². The number of fused-ring (bicyclic) bond motifs is 2. The van der Waals surface area contributed by atoms with Gasteiger partial charge in [-0.15, -0.1) is 0 Å². The molecule has 122 valence electrons. The van der Waals surface area contributed by atoms with Crippen LogP contribution in [0.25, 0.3) is 10.8 Å². The zero-order valence-electron chi connectivity index (χ0n) is 13.2. The van der Waals surface area contributed by atoms with Crippen molar-refractivity contribution < 1.29 is 12.8 Å². The molecule has 0 saturated heterocycles. The lowest BCUT2D eigenvalue weighted by Crippen LogP contribution is -2.29. The third kappa shape index (κ3) is 2.36. The standard InChI is InChI=1S/C19H16FNO2S/c1-13-2-6-18(7-3-13)24(22,23)21-9-8-15-10-16-11-17(20)5-4-14(16)12-19(15)21/h2-7,10-12H,8-9H2,1H3. The Hall–Kier alpha value is -2.40. The summed E-state index contributed by atoms with van der Waals surface area (Å²) in [5, 5.41) is 1.63. The van der Waals surface area contributed by atoms with E-state index >= 15 is 0 Å². The molecule has 24 heavy (non-hydrogen) atoms. The molecule has 3 aromatic carbocycles. The van der Waals surface area contributed by atoms with Gasteiger partial charge in [0, 0.05) is 6.54 Å². The Morgan fingerprint density at radius 3 is 2.46 bits per heavy atom. The second-order valence-electron chi connectivity index (χ2n) is 6.11. The van der Waals surface area contributed by atoms with Crippen molar-refractivity contribution in [1.82, 2.24) is 0 Å². The van der Waals surface area contributed by atoms with Crippen molar-refractivity contribution in [3.63, 3.8) is 0 Å². The molecule has 3 nitrogen and oxygen atoms in total. The van der Waals surface area contributed by atoms with Crippen LogP contribution in [-0.2, 0) is 16.4 Å². The van der Waals surface area contributed by atoms with Gasteiger partial charge in [0.2, 0.25) is 0 Å². The average molecular weight is 341 g/mol. The van der Waals surface area contributed by atoms with E-state index in [-0.39, 0.29) is 5.82 Å². The van der Waals surface area contributed by atoms with E-state index < -0.39 is 10.0 Å². The number of nitrogens with zero attached hydrogens (tertiary/aromatic N) is 1. The Labute approximate surface area is 140 Å². The smallest absolute Gasteiger partial charge is 0.264 e. The lowest BCUT2D eigenvalue weighted by molar-refractivity contribution is 0.592. The summed E-state index contributed by atoms with van der Waals surface area (Å²) in [4.78, 5) is 0.292. The molecule has 5 heteroatoms. The minimum absolute atomic E-state index is 0.287. The average Bonchev–Trinajstić information content (AvgIpc) is 2.96. The second kappa shape index (κ2) is 5.31. The Balaban J connectivity index is 1.83. The molecule has 0 N–H and O–H groups in total. The topological polar surface area (TPSA) is 37.4 Å². The van der Waals surface area contributed by atoms with E-state index in [1.54, 1.807) is 30.3 Å². The molecule has 0 saturated carbocycles. The Morgan fingerprint density at radius 2 is 1.71 bits per heavy atom. The molecule has 0 unspecified atom stereocenters. The summed E-state index contributed by atoms with van der Waals surface area (Å²) in [5.74, 6) is -0.287. The fourth-order valence-electron chi connectivity index (χ4n) is 3.17. The quantitative estimate of drug-likeness (QED) is 0.705. The number of hydrogen-bond acceptors (Lipinski definition) is 2. The molecule has 0 fully saturated rings. The molecule has 0 atom stereocenters. The van der Waals surface area contributed by atoms with E-state index in [1.807, 2.05) is 19.1 Å². The van der Waals surface area contributed by atoms with Gasteiger partial charge in [0.1, 0.15) is 5.82 Å². The van der Waals surface area contributed by atoms with E-state index in [0.29, 0.717) is 23.5 Å². The van der Waals surface area contributed by atoms with E-state index in [9.17, 15) is 12.8 Å². The summed E-state index contributed by atoms with van der Waals surface area (Å²) in [6.45, 7) is 2.33. The lowest BCUT2D eigenvalue weighted by Gasteiger charge is -2.20. The summed E-state index contributed by atoms with van der Waals surface area (Å²) >= 11 is 0. The highest BCUT2D eigenvalue weighted by Gasteiger charge is 2.31. The van der Waals surface area contributed by atoms with Crippen molar-refractivity contribution in [2.24, 2.45) is 0 Å². The van der Waals surface area contributed by atoms with Crippen LogP contribution in [0.4, 0.5) is 10.1 Å². The summed E-state index contributed by atoms with van der Waals surface area (Å²) in [7, 11) is -3.59. The van der Waals surface area contributed by atoms with Crippen molar-refractivity contribution in [3.05, 3.63) is 71.5 Å². The highest BCUT2D eigenvalue weighted by molar-refractivity contribution is 7.92. The number of anilines is 1. The Kier molecular flexibility index (Phi) is 3.35. The monoisotopic (exact) mass is 341 g/mol. The predicted octanol–water partition coefficient (Wildman–Crippen LogP) is 4.04. The van der Waals surface area contributed by atoms with Crippen LogP contribution in [0.2, 0.25) is 0 Å². The molecule has 1 aliphatic rings. The van der Waals surface area contributed by atoms with Crippen LogP contribution in [0.15, 0.2) is 59.5 Å². The molecule has 3 aromatic rings. The maximum absolute atomic E-state index is 13.4. The van der Waals surface area contributed by atoms with Crippen molar-refractivity contribution in [3.8, 4) is 0 Å². The highest BCUT2D eigenvalue weighted by Crippen LogP contribution is 2.36. The highest BCUT2D eigenvalue weighted by atomic mass is 32.2. The molecule has 0 amide bonds. The van der Waals surface area contributed by atoms with Crippen molar-refractivity contribution in [2.45, 2.75) is 18.2 Å². The SMILES string of the molecule is Cc1ccc(S(=O)(=O)N2CCc3cc4cc(F)ccc4cc32)cc1. The minimum Gasteiger partial charge on any atom is -0.266 e. The number of halogens is 1. The Morgan fingerprint density at radius 1 is 0.958 bits per heavy atom. The van der Waals surface area contributed by atoms with Crippen molar-refractivity contribution in [2.75, 3.05) is 10.8 Å². The molecule has 0 spiro atoms. The fraction of sp³-hybridized carbons (Fsp3) is 0.158. The Bertz CT molecular complexity index is 1040. The van der Waals surface area contributed by atoms with E-state index in [4.69, 9.17) is 0 Å². The first-order valence-electron chi connectivity index (χ1n) is 7.77. The molecule has 0 radical (unpaired) electrons. The third-order valence-corrected chi connectivity index (χ3v) is 6.29. The molecule has 4 rings (SSSR count). The molecular formula is C19H16FNO2S. The van der Waals surface area contributed by atoms with Gasteiger partial charge in [-0.2, -0.15) is 0 Å². The largest absolute Gasteiger partial charge is 0.266 e. The van der Waals surface area contributed by atoms with Gasteiger partial charge in [0.15, 0.2) is 0 Å². The fourth-order valence-corrected chi connectivity index (χ4v) is 4.66. The summed E-state index contributed by atoms with van der Waals surface area (Å²) in [5.41, 5.74) is 2.64. The van der Waals surface area contributed by atoms with Gasteiger partial charge in [-0.1, -0.05) is 23.8 Å². The lowest BCUT2D eigenvalue weighted by atomic mass is 10.1. The van der Waals surface area contributed by atoms with E-state index in [2.05, 4.69) is 0 Å². The maximum Gasteiger partial charge on any atom is 0.264 e. The van der Waals surface area contributed by atoms with Gasteiger partial charge in [0.25, 0.3) is 10.0 Å². The van der Waals surface area contributed by atoms with Crippen LogP contribution in [0, 0.1) is 12.7 Å². The molecule has 0 aromatic heterocycles. The second-order valence-corrected chi connectivity index (χ2v) is 7.97. The maximum atomic E-state index is 13.4. The van der Waals surface area contributed by atoms with Crippen LogP contribution in [-0.4, -0.2) is 15.0 Å². The van der Waals surface area contributed by atoms with E-state index in [1.165, 1.54) is 16.4 Å². The van der Waals surface area contributed by atoms with Crippen LogP contribution >= 0.6 is 0 Å². The van der Waals surface area contributed by atoms with Crippen molar-refractivity contribution >= 4 is 26.5 Å². The molecular weight excluding hydrogens is 325 g/mol. The molecule has 0 bridgehead atoms. The third-order valence-electron chi connectivity index (χ3n) is 4.46. The van der Waals surface area contributed by atoms with Gasteiger partial charge in [0.05, 0.1) is 10.6 Å². The first kappa shape index (κ1) is 15.1. The van der Waals surface area contributed by atoms with Crippen molar-refractivity contribution in [1.29, 1.82) is 0 Å². The number of hydrogen-bond donors (Lipinski definition) is 0. The van der Waals surface area contributed by atoms with Crippen LogP contribution < -0.4 is 4.31 Å². The first-order chi connectivity index (χ1) is 11.4. The first-order valence-corrected chi connectivity index (χ1v) is 9.21. The number of aryl methyl sites for hydroxylation is 1. The summed E-state index contributed by atoms with van der Waals surface area (Å²) in [6, 6.07) is 15.1. The molecule has 0 aliphatic carbocycles. The van der Waals surface area contributed by atoms with E-state index in [0.717, 1.165) is 21.9 Å². The summed E-state index contributed by atoms with van der Waals surface area (Å²) in [6.07, 6.45) is 0.632. The number of benzene rings is 3. The number of sulfonamides is 1. The van der Waals surface area contributed by atoms with Crippen LogP contribution in [0.1, 0.15) is 11.1 Å². The molecule has 1 aliphatic heterocycles. The zero-order chi connectivity index (χ0) is 16.9. The summed E-state index contributed by atoms with van der Waals surface area (Å²) < 4.78 is 40.8. The normalized spacial score (nSPS) is 14.2. The minimum atomic E-state index is -3.59. The van der Waals surface area contributed by atoms with Gasteiger partial charge < -0.3 is 0 Å². The predicted molar refractivity (Wildman–Crippen MR) is 93.3 cm³/mol. The molecule has 1 heterocycles. The van der Waals surface area contributed by atoms with Gasteiger partial charge >= 0.3 is 0 Å². The number of rotatable bonds is 2. The van der Waals surface area contributed by atoms with Crippen LogP contribution in [0.5, 0.6) is 0 Å². The zero-order valence-corrected chi connectivity index (χ0v) is 14.0.